The first-order chi connectivity index (χ1) is 13.2. The molecule has 1 atom stereocenters. The summed E-state index contributed by atoms with van der Waals surface area (Å²) in [5.41, 5.74) is -0.820. The van der Waals surface area contributed by atoms with Crippen LogP contribution in [0.4, 0.5) is 9.18 Å². The number of sulfonamides is 1. The van der Waals surface area contributed by atoms with Crippen LogP contribution in [-0.2, 0) is 14.8 Å². The Morgan fingerprint density at radius 2 is 1.86 bits per heavy atom. The van der Waals surface area contributed by atoms with E-state index >= 15 is 0 Å². The topological polar surface area (TPSA) is 90.0 Å². The van der Waals surface area contributed by atoms with E-state index in [0.29, 0.717) is 13.1 Å². The van der Waals surface area contributed by atoms with E-state index in [1.165, 1.54) is 27.4 Å². The molecule has 8 nitrogen and oxygen atoms in total. The number of imide groups is 1. The van der Waals surface area contributed by atoms with Crippen LogP contribution in [0.15, 0.2) is 29.2 Å². The van der Waals surface area contributed by atoms with E-state index in [1.54, 1.807) is 6.92 Å². The third kappa shape index (κ3) is 3.29. The molecule has 152 valence electrons. The van der Waals surface area contributed by atoms with Crippen LogP contribution in [0.5, 0.6) is 0 Å². The monoisotopic (exact) mass is 410 g/mol. The molecule has 1 N–H and O–H groups in total. The molecule has 1 saturated carbocycles. The van der Waals surface area contributed by atoms with Gasteiger partial charge in [-0.05, 0) is 43.9 Å². The number of halogens is 1. The summed E-state index contributed by atoms with van der Waals surface area (Å²) in [6.07, 6.45) is 1.87. The summed E-state index contributed by atoms with van der Waals surface area (Å²) in [5, 5.41) is 2.81. The molecule has 4 rings (SSSR count). The number of amides is 3. The summed E-state index contributed by atoms with van der Waals surface area (Å²) in [4.78, 5) is 28.0. The van der Waals surface area contributed by atoms with Crippen molar-refractivity contribution >= 4 is 22.0 Å². The molecule has 2 heterocycles. The lowest BCUT2D eigenvalue weighted by molar-refractivity contribution is -0.133. The van der Waals surface area contributed by atoms with E-state index < -0.39 is 27.4 Å². The second-order valence-electron chi connectivity index (χ2n) is 7.76. The highest BCUT2D eigenvalue weighted by atomic mass is 32.2. The van der Waals surface area contributed by atoms with E-state index in [0.717, 1.165) is 18.9 Å². The first kappa shape index (κ1) is 19.3. The Morgan fingerprint density at radius 1 is 1.18 bits per heavy atom. The number of nitrogens with one attached hydrogen (secondary N) is 1. The van der Waals surface area contributed by atoms with Crippen LogP contribution in [-0.4, -0.2) is 72.8 Å². The van der Waals surface area contributed by atoms with Crippen LogP contribution in [0, 0.1) is 11.7 Å². The fourth-order valence-corrected chi connectivity index (χ4v) is 5.32. The fraction of sp³-hybridized carbons (Fsp3) is 0.556. The van der Waals surface area contributed by atoms with E-state index in [2.05, 4.69) is 5.32 Å². The summed E-state index contributed by atoms with van der Waals surface area (Å²) in [5.74, 6) is -0.617. The molecular formula is C18H23FN4O4S. The van der Waals surface area contributed by atoms with Gasteiger partial charge in [0.1, 0.15) is 11.4 Å². The van der Waals surface area contributed by atoms with Crippen LogP contribution in [0.1, 0.15) is 19.8 Å². The number of hydrogen-bond donors (Lipinski definition) is 1. The molecule has 3 fully saturated rings. The number of hydrogen-bond acceptors (Lipinski definition) is 5. The molecule has 2 saturated heterocycles. The third-order valence-electron chi connectivity index (χ3n) is 5.80. The first-order valence-corrected chi connectivity index (χ1v) is 10.8. The highest BCUT2D eigenvalue weighted by Gasteiger charge is 2.56. The smallest absolute Gasteiger partial charge is 0.323 e. The van der Waals surface area contributed by atoms with E-state index in [4.69, 9.17) is 0 Å². The quantitative estimate of drug-likeness (QED) is 0.726. The van der Waals surface area contributed by atoms with Crippen molar-refractivity contribution < 1.29 is 22.4 Å². The number of piperazine rings is 1. The minimum atomic E-state index is -3.77. The largest absolute Gasteiger partial charge is 0.326 e. The van der Waals surface area contributed by atoms with Gasteiger partial charge in [0, 0.05) is 26.2 Å². The molecule has 10 heteroatoms. The molecule has 0 bridgehead atoms. The third-order valence-corrected chi connectivity index (χ3v) is 7.70. The second kappa shape index (κ2) is 6.78. The number of carbonyl (C=O) groups excluding carboxylic acids is 2. The van der Waals surface area contributed by atoms with Gasteiger partial charge in [0.15, 0.2) is 0 Å². The molecule has 2 aliphatic heterocycles. The molecule has 3 aliphatic rings. The molecule has 1 aliphatic carbocycles. The lowest BCUT2D eigenvalue weighted by Crippen LogP contribution is -2.53. The van der Waals surface area contributed by atoms with Gasteiger partial charge in [-0.2, -0.15) is 4.31 Å². The predicted molar refractivity (Wildman–Crippen MR) is 98.1 cm³/mol. The van der Waals surface area contributed by atoms with E-state index in [9.17, 15) is 22.4 Å². The average molecular weight is 410 g/mol. The van der Waals surface area contributed by atoms with Crippen LogP contribution in [0.25, 0.3) is 0 Å². The molecule has 1 aromatic rings. The van der Waals surface area contributed by atoms with E-state index in [1.807, 2.05) is 4.90 Å². The number of benzene rings is 1. The zero-order valence-electron chi connectivity index (χ0n) is 15.6. The Kier molecular flexibility index (Phi) is 4.67. The molecule has 1 aromatic carbocycles. The normalized spacial score (nSPS) is 27.3. The number of urea groups is 1. The molecule has 0 radical (unpaired) electrons. The van der Waals surface area contributed by atoms with Gasteiger partial charge in [-0.25, -0.2) is 22.5 Å². The lowest BCUT2D eigenvalue weighted by Gasteiger charge is -2.35. The Labute approximate surface area is 163 Å². The van der Waals surface area contributed by atoms with Crippen LogP contribution < -0.4 is 5.32 Å². The van der Waals surface area contributed by atoms with Crippen LogP contribution >= 0.6 is 0 Å². The maximum absolute atomic E-state index is 13.4. The summed E-state index contributed by atoms with van der Waals surface area (Å²) in [6, 6.07) is 4.55. The fourth-order valence-electron chi connectivity index (χ4n) is 3.87. The predicted octanol–water partition coefficient (Wildman–Crippen LogP) is 0.810. The maximum Gasteiger partial charge on any atom is 0.326 e. The first-order valence-electron chi connectivity index (χ1n) is 9.34. The van der Waals surface area contributed by atoms with Gasteiger partial charge < -0.3 is 5.32 Å². The van der Waals surface area contributed by atoms with Crippen molar-refractivity contribution in [2.24, 2.45) is 5.92 Å². The van der Waals surface area contributed by atoms with Crippen LogP contribution in [0.2, 0.25) is 0 Å². The second-order valence-corrected chi connectivity index (χ2v) is 9.70. The number of nitrogens with zero attached hydrogens (tertiary/aromatic N) is 3. The minimum Gasteiger partial charge on any atom is -0.323 e. The molecule has 28 heavy (non-hydrogen) atoms. The van der Waals surface area contributed by atoms with Gasteiger partial charge in [0.25, 0.3) is 5.91 Å². The standard InChI is InChI=1S/C18H23FN4O4S/c1-18(13-5-6-13)16(24)23(17(25)20-18)12-21-7-9-22(10-8-21)28(26,27)15-4-2-3-14(19)11-15/h2-4,11,13H,5-10,12H2,1H3,(H,20,25)/t18-/m0/s1. The van der Waals surface area contributed by atoms with E-state index in [-0.39, 0.29) is 36.5 Å². The van der Waals surface area contributed by atoms with Gasteiger partial charge in [0.05, 0.1) is 11.6 Å². The SMILES string of the molecule is C[C@@]1(C2CC2)NC(=O)N(CN2CCN(S(=O)(=O)c3cccc(F)c3)CC2)C1=O. The summed E-state index contributed by atoms with van der Waals surface area (Å²) >= 11 is 0. The summed E-state index contributed by atoms with van der Waals surface area (Å²) < 4.78 is 40.0. The highest BCUT2D eigenvalue weighted by molar-refractivity contribution is 7.89. The summed E-state index contributed by atoms with van der Waals surface area (Å²) in [6.45, 7) is 3.09. The molecule has 0 aromatic heterocycles. The Morgan fingerprint density at radius 3 is 2.46 bits per heavy atom. The Bertz CT molecular complexity index is 912. The molecule has 3 amide bonds. The Hall–Kier alpha value is -2.04. The molecule has 0 unspecified atom stereocenters. The van der Waals surface area contributed by atoms with Crippen molar-refractivity contribution in [2.75, 3.05) is 32.8 Å². The average Bonchev–Trinajstić information content (AvgIpc) is 3.48. The van der Waals surface area contributed by atoms with Gasteiger partial charge >= 0.3 is 6.03 Å². The maximum atomic E-state index is 13.4. The lowest BCUT2D eigenvalue weighted by atomic mass is 9.96. The van der Waals surface area contributed by atoms with Crippen molar-refractivity contribution in [3.8, 4) is 0 Å². The van der Waals surface area contributed by atoms with Gasteiger partial charge in [-0.3, -0.25) is 9.69 Å². The minimum absolute atomic E-state index is 0.0738. The molecule has 0 spiro atoms. The van der Waals surface area contributed by atoms with Gasteiger partial charge in [0.2, 0.25) is 10.0 Å². The zero-order chi connectivity index (χ0) is 20.1. The number of rotatable bonds is 5. The van der Waals surface area contributed by atoms with Crippen molar-refractivity contribution in [3.63, 3.8) is 0 Å². The van der Waals surface area contributed by atoms with Crippen LogP contribution in [0.3, 0.4) is 0 Å². The summed E-state index contributed by atoms with van der Waals surface area (Å²) in [7, 11) is -3.77. The van der Waals surface area contributed by atoms with Crippen molar-refractivity contribution in [1.82, 2.24) is 19.4 Å². The number of carbonyl (C=O) groups is 2. The zero-order valence-corrected chi connectivity index (χ0v) is 16.4. The van der Waals surface area contributed by atoms with Gasteiger partial charge in [-0.15, -0.1) is 0 Å². The van der Waals surface area contributed by atoms with Crippen molar-refractivity contribution in [3.05, 3.63) is 30.1 Å². The van der Waals surface area contributed by atoms with Gasteiger partial charge in [-0.1, -0.05) is 6.07 Å². The van der Waals surface area contributed by atoms with Crippen molar-refractivity contribution in [1.29, 1.82) is 0 Å². The Balaban J connectivity index is 1.38. The molecular weight excluding hydrogens is 387 g/mol. The highest BCUT2D eigenvalue weighted by Crippen LogP contribution is 2.42. The van der Waals surface area contributed by atoms with Crippen molar-refractivity contribution in [2.45, 2.75) is 30.2 Å².